The van der Waals surface area contributed by atoms with Gasteiger partial charge in [0.05, 0.1) is 11.0 Å². The Bertz CT molecular complexity index is 1340. The number of nitrogens with zero attached hydrogens (tertiary/aromatic N) is 1. The number of aromatic nitrogens is 2. The van der Waals surface area contributed by atoms with Crippen LogP contribution in [0.4, 0.5) is 22.0 Å². The standard InChI is InChI=1S/C26H21F5N2O2/c1-16(34)20-4-2-3-5-21(20)18-9-12-22-23(14-18)33-24(32-22)13-8-17-6-10-19(11-7-17)35-15-25(27,28)26(29,30)31/h2-7,9-12,14,34H,1,8,13,15H2,(H,32,33). The van der Waals surface area contributed by atoms with Crippen LogP contribution in [-0.4, -0.2) is 33.8 Å². The predicted molar refractivity (Wildman–Crippen MR) is 124 cm³/mol. The highest BCUT2D eigenvalue weighted by molar-refractivity contribution is 5.85. The minimum absolute atomic E-state index is 0.0195. The van der Waals surface area contributed by atoms with Gasteiger partial charge in [-0.2, -0.15) is 22.0 Å². The number of H-pyrrole nitrogens is 1. The van der Waals surface area contributed by atoms with Crippen molar-refractivity contribution in [2.45, 2.75) is 24.9 Å². The average Bonchev–Trinajstić information content (AvgIpc) is 3.23. The van der Waals surface area contributed by atoms with Crippen LogP contribution >= 0.6 is 0 Å². The summed E-state index contributed by atoms with van der Waals surface area (Å²) >= 11 is 0. The maximum Gasteiger partial charge on any atom is 0.456 e. The molecule has 0 aliphatic carbocycles. The Balaban J connectivity index is 1.41. The van der Waals surface area contributed by atoms with E-state index in [1.54, 1.807) is 18.2 Å². The molecule has 1 heterocycles. The van der Waals surface area contributed by atoms with E-state index in [0.717, 1.165) is 33.5 Å². The van der Waals surface area contributed by atoms with Crippen molar-refractivity contribution in [3.8, 4) is 16.9 Å². The summed E-state index contributed by atoms with van der Waals surface area (Å²) in [5.74, 6) is -4.27. The molecule has 9 heteroatoms. The highest BCUT2D eigenvalue weighted by atomic mass is 19.4. The van der Waals surface area contributed by atoms with Crippen molar-refractivity contribution >= 4 is 16.8 Å². The molecule has 0 aliphatic rings. The van der Waals surface area contributed by atoms with Crippen molar-refractivity contribution in [1.82, 2.24) is 9.97 Å². The summed E-state index contributed by atoms with van der Waals surface area (Å²) in [4.78, 5) is 7.88. The molecule has 0 radical (unpaired) electrons. The third-order valence-corrected chi connectivity index (χ3v) is 5.49. The van der Waals surface area contributed by atoms with Gasteiger partial charge in [0.15, 0.2) is 6.61 Å². The fraction of sp³-hybridized carbons (Fsp3) is 0.192. The first-order chi connectivity index (χ1) is 16.5. The Morgan fingerprint density at radius 2 is 1.66 bits per heavy atom. The lowest BCUT2D eigenvalue weighted by Gasteiger charge is -2.19. The third-order valence-electron chi connectivity index (χ3n) is 5.49. The summed E-state index contributed by atoms with van der Waals surface area (Å²) in [6, 6.07) is 19.1. The SMILES string of the molecule is C=C(O)c1ccccc1-c1ccc2[nH]c(CCc3ccc(OCC(F)(F)C(F)(F)F)cc3)nc2c1. The first-order valence-electron chi connectivity index (χ1n) is 10.7. The maximum absolute atomic E-state index is 13.0. The van der Waals surface area contributed by atoms with Gasteiger partial charge in [-0.3, -0.25) is 0 Å². The molecule has 0 amide bonds. The Morgan fingerprint density at radius 1 is 0.943 bits per heavy atom. The van der Waals surface area contributed by atoms with Crippen LogP contribution in [0.3, 0.4) is 0 Å². The molecule has 0 aliphatic heterocycles. The van der Waals surface area contributed by atoms with Crippen molar-refractivity contribution < 1.29 is 31.8 Å². The number of rotatable bonds is 8. The molecule has 3 aromatic carbocycles. The van der Waals surface area contributed by atoms with Gasteiger partial charge in [-0.15, -0.1) is 0 Å². The van der Waals surface area contributed by atoms with Crippen LogP contribution in [0, 0.1) is 0 Å². The zero-order valence-electron chi connectivity index (χ0n) is 18.4. The molecule has 2 N–H and O–H groups in total. The van der Waals surface area contributed by atoms with E-state index in [1.165, 1.54) is 12.1 Å². The summed E-state index contributed by atoms with van der Waals surface area (Å²) in [5.41, 5.74) is 4.80. The molecule has 0 fully saturated rings. The van der Waals surface area contributed by atoms with E-state index in [4.69, 9.17) is 0 Å². The van der Waals surface area contributed by atoms with E-state index >= 15 is 0 Å². The lowest BCUT2D eigenvalue weighted by atomic mass is 9.98. The lowest BCUT2D eigenvalue weighted by molar-refractivity contribution is -0.290. The first kappa shape index (κ1) is 24.3. The molecule has 4 rings (SSSR count). The minimum atomic E-state index is -5.66. The van der Waals surface area contributed by atoms with Gasteiger partial charge in [-0.25, -0.2) is 4.98 Å². The van der Waals surface area contributed by atoms with Crippen LogP contribution in [0.25, 0.3) is 27.9 Å². The highest BCUT2D eigenvalue weighted by Crippen LogP contribution is 2.36. The first-order valence-corrected chi connectivity index (χ1v) is 10.7. The monoisotopic (exact) mass is 488 g/mol. The zero-order valence-corrected chi connectivity index (χ0v) is 18.4. The maximum atomic E-state index is 13.0. The molecule has 0 unspecified atom stereocenters. The van der Waals surface area contributed by atoms with Crippen LogP contribution in [0.2, 0.25) is 0 Å². The van der Waals surface area contributed by atoms with Gasteiger partial charge in [0, 0.05) is 12.0 Å². The largest absolute Gasteiger partial charge is 0.508 e. The number of nitrogens with one attached hydrogen (secondary N) is 1. The number of imidazole rings is 1. The summed E-state index contributed by atoms with van der Waals surface area (Å²) in [6.07, 6.45) is -4.53. The number of aliphatic hydroxyl groups is 1. The van der Waals surface area contributed by atoms with Crippen LogP contribution in [0.15, 0.2) is 73.3 Å². The van der Waals surface area contributed by atoms with E-state index in [9.17, 15) is 27.1 Å². The number of fused-ring (bicyclic) bond motifs is 1. The molecule has 0 saturated heterocycles. The number of hydrogen-bond acceptors (Lipinski definition) is 3. The quantitative estimate of drug-likeness (QED) is 0.205. The second-order valence-electron chi connectivity index (χ2n) is 8.04. The molecule has 0 spiro atoms. The van der Waals surface area contributed by atoms with Crippen molar-refractivity contribution in [2.24, 2.45) is 0 Å². The molecule has 182 valence electrons. The van der Waals surface area contributed by atoms with Gasteiger partial charge in [-0.1, -0.05) is 49.0 Å². The van der Waals surface area contributed by atoms with Gasteiger partial charge >= 0.3 is 12.1 Å². The fourth-order valence-electron chi connectivity index (χ4n) is 3.60. The normalized spacial score (nSPS) is 12.1. The number of ether oxygens (including phenoxy) is 1. The van der Waals surface area contributed by atoms with Gasteiger partial charge < -0.3 is 14.8 Å². The average molecular weight is 488 g/mol. The van der Waals surface area contributed by atoms with Crippen LogP contribution in [0.1, 0.15) is 17.0 Å². The summed E-state index contributed by atoms with van der Waals surface area (Å²) in [5, 5.41) is 9.87. The zero-order chi connectivity index (χ0) is 25.2. The van der Waals surface area contributed by atoms with Gasteiger partial charge in [0.2, 0.25) is 0 Å². The summed E-state index contributed by atoms with van der Waals surface area (Å²) < 4.78 is 67.3. The predicted octanol–water partition coefficient (Wildman–Crippen LogP) is 7.12. The van der Waals surface area contributed by atoms with Crippen molar-refractivity contribution in [1.29, 1.82) is 0 Å². The highest BCUT2D eigenvalue weighted by Gasteiger charge is 2.58. The van der Waals surface area contributed by atoms with E-state index in [0.29, 0.717) is 18.4 Å². The van der Waals surface area contributed by atoms with Crippen LogP contribution in [0.5, 0.6) is 5.75 Å². The lowest BCUT2D eigenvalue weighted by Crippen LogP contribution is -2.41. The fourth-order valence-corrected chi connectivity index (χ4v) is 3.60. The molecule has 1 aromatic heterocycles. The van der Waals surface area contributed by atoms with E-state index < -0.39 is 18.7 Å². The molecule has 4 nitrogen and oxygen atoms in total. The Morgan fingerprint density at radius 3 is 2.34 bits per heavy atom. The second-order valence-corrected chi connectivity index (χ2v) is 8.04. The molecule has 4 aromatic rings. The number of hydrogen-bond donors (Lipinski definition) is 2. The molecule has 0 bridgehead atoms. The molecular weight excluding hydrogens is 467 g/mol. The van der Waals surface area contributed by atoms with Crippen LogP contribution in [-0.2, 0) is 12.8 Å². The van der Waals surface area contributed by atoms with Crippen LogP contribution < -0.4 is 4.74 Å². The minimum Gasteiger partial charge on any atom is -0.508 e. The Hall–Kier alpha value is -3.88. The number of aromatic amines is 1. The van der Waals surface area contributed by atoms with Crippen molar-refractivity contribution in [2.75, 3.05) is 6.61 Å². The smallest absolute Gasteiger partial charge is 0.456 e. The second kappa shape index (κ2) is 9.40. The van der Waals surface area contributed by atoms with E-state index in [2.05, 4.69) is 21.3 Å². The number of aryl methyl sites for hydroxylation is 2. The van der Waals surface area contributed by atoms with Gasteiger partial charge in [-0.05, 0) is 47.4 Å². The number of aliphatic hydroxyl groups excluding tert-OH is 1. The van der Waals surface area contributed by atoms with Crippen molar-refractivity contribution in [3.63, 3.8) is 0 Å². The van der Waals surface area contributed by atoms with Gasteiger partial charge in [0.25, 0.3) is 0 Å². The third kappa shape index (κ3) is 5.45. The number of alkyl halides is 5. The summed E-state index contributed by atoms with van der Waals surface area (Å²) in [7, 11) is 0. The molecular formula is C26H21F5N2O2. The van der Waals surface area contributed by atoms with Gasteiger partial charge in [0.1, 0.15) is 17.3 Å². The number of halogens is 5. The Labute approximate surface area is 197 Å². The Kier molecular flexibility index (Phi) is 6.51. The van der Waals surface area contributed by atoms with E-state index in [1.807, 2.05) is 36.4 Å². The van der Waals surface area contributed by atoms with Crippen molar-refractivity contribution in [3.05, 3.63) is 90.3 Å². The summed E-state index contributed by atoms with van der Waals surface area (Å²) in [6.45, 7) is 1.84. The molecule has 0 atom stereocenters. The molecule has 35 heavy (non-hydrogen) atoms. The number of benzene rings is 3. The van der Waals surface area contributed by atoms with E-state index in [-0.39, 0.29) is 11.5 Å². The topological polar surface area (TPSA) is 58.1 Å². The molecule has 0 saturated carbocycles.